The Morgan fingerprint density at radius 1 is 1.06 bits per heavy atom. The molecule has 33 heavy (non-hydrogen) atoms. The summed E-state index contributed by atoms with van der Waals surface area (Å²) in [6.45, 7) is 1.85. The number of hydrogen-bond acceptors (Lipinski definition) is 3. The SMILES string of the molecule is CC(F)(F)[C@@](C)(O)C1=CCC(C(C=O)N(C2CCC(c3ccccc3F)CC2)C2CC2)C=C1. The van der Waals surface area contributed by atoms with Crippen LogP contribution in [0.25, 0.3) is 0 Å². The Hall–Kier alpha value is -1.92. The minimum atomic E-state index is -3.27. The van der Waals surface area contributed by atoms with Gasteiger partial charge in [-0.3, -0.25) is 4.90 Å². The quantitative estimate of drug-likeness (QED) is 0.498. The third kappa shape index (κ3) is 4.97. The average molecular weight is 462 g/mol. The van der Waals surface area contributed by atoms with Gasteiger partial charge in [-0.2, -0.15) is 0 Å². The number of allylic oxidation sites excluding steroid dienone is 1. The van der Waals surface area contributed by atoms with Crippen LogP contribution in [0, 0.1) is 11.7 Å². The molecule has 1 aromatic carbocycles. The van der Waals surface area contributed by atoms with Crippen molar-refractivity contribution in [2.45, 2.75) is 94.4 Å². The zero-order valence-electron chi connectivity index (χ0n) is 19.4. The highest BCUT2D eigenvalue weighted by Gasteiger charge is 2.48. The van der Waals surface area contributed by atoms with Crippen molar-refractivity contribution in [3.63, 3.8) is 0 Å². The van der Waals surface area contributed by atoms with Crippen LogP contribution in [0.2, 0.25) is 0 Å². The summed E-state index contributed by atoms with van der Waals surface area (Å²) in [4.78, 5) is 14.6. The van der Waals surface area contributed by atoms with Crippen LogP contribution in [0.15, 0.2) is 48.1 Å². The number of carbonyl (C=O) groups is 1. The van der Waals surface area contributed by atoms with E-state index < -0.39 is 11.5 Å². The number of aldehydes is 1. The van der Waals surface area contributed by atoms with E-state index in [2.05, 4.69) is 4.90 Å². The number of carbonyl (C=O) groups excluding carboxylic acids is 1. The van der Waals surface area contributed by atoms with E-state index in [0.29, 0.717) is 19.4 Å². The molecular formula is C27H34F3NO2. The fourth-order valence-electron chi connectivity index (χ4n) is 5.55. The average Bonchev–Trinajstić information content (AvgIpc) is 3.62. The van der Waals surface area contributed by atoms with Gasteiger partial charge in [0.05, 0.1) is 6.04 Å². The van der Waals surface area contributed by atoms with Crippen LogP contribution in [0.5, 0.6) is 0 Å². The van der Waals surface area contributed by atoms with Gasteiger partial charge in [0, 0.05) is 24.9 Å². The van der Waals surface area contributed by atoms with Gasteiger partial charge in [0.2, 0.25) is 0 Å². The third-order valence-corrected chi connectivity index (χ3v) is 7.90. The first kappa shape index (κ1) is 24.2. The zero-order valence-corrected chi connectivity index (χ0v) is 19.4. The number of alkyl halides is 2. The monoisotopic (exact) mass is 461 g/mol. The molecule has 0 heterocycles. The molecule has 0 bridgehead atoms. The van der Waals surface area contributed by atoms with Gasteiger partial charge >= 0.3 is 0 Å². The molecule has 3 nitrogen and oxygen atoms in total. The van der Waals surface area contributed by atoms with E-state index in [9.17, 15) is 23.1 Å². The Balaban J connectivity index is 1.45. The van der Waals surface area contributed by atoms with Crippen LogP contribution in [0.4, 0.5) is 13.2 Å². The van der Waals surface area contributed by atoms with Gasteiger partial charge < -0.3 is 9.90 Å². The van der Waals surface area contributed by atoms with Crippen molar-refractivity contribution in [1.82, 2.24) is 4.90 Å². The van der Waals surface area contributed by atoms with E-state index in [1.165, 1.54) is 6.07 Å². The molecule has 2 fully saturated rings. The summed E-state index contributed by atoms with van der Waals surface area (Å²) in [6.07, 6.45) is 12.2. The molecule has 3 atom stereocenters. The maximum atomic E-state index is 14.2. The highest BCUT2D eigenvalue weighted by atomic mass is 19.3. The normalized spacial score (nSPS) is 28.8. The number of benzene rings is 1. The van der Waals surface area contributed by atoms with Crippen LogP contribution in [-0.2, 0) is 4.79 Å². The lowest BCUT2D eigenvalue weighted by atomic mass is 9.79. The Labute approximate surface area is 194 Å². The predicted octanol–water partition coefficient (Wildman–Crippen LogP) is 5.79. The minimum Gasteiger partial charge on any atom is -0.379 e. The Bertz CT molecular complexity index is 908. The van der Waals surface area contributed by atoms with Crippen molar-refractivity contribution in [3.05, 3.63) is 59.4 Å². The van der Waals surface area contributed by atoms with E-state index in [4.69, 9.17) is 0 Å². The van der Waals surface area contributed by atoms with E-state index in [0.717, 1.165) is 57.3 Å². The molecule has 0 spiro atoms. The first-order valence-corrected chi connectivity index (χ1v) is 12.1. The van der Waals surface area contributed by atoms with E-state index in [1.54, 1.807) is 18.2 Å². The zero-order chi connectivity index (χ0) is 23.8. The molecule has 0 amide bonds. The highest BCUT2D eigenvalue weighted by molar-refractivity contribution is 5.60. The topological polar surface area (TPSA) is 40.5 Å². The lowest BCUT2D eigenvalue weighted by Gasteiger charge is -2.43. The smallest absolute Gasteiger partial charge is 0.277 e. The van der Waals surface area contributed by atoms with Crippen LogP contribution < -0.4 is 0 Å². The maximum absolute atomic E-state index is 14.2. The second kappa shape index (κ2) is 9.38. The van der Waals surface area contributed by atoms with Gasteiger partial charge in [0.15, 0.2) is 0 Å². The second-order valence-corrected chi connectivity index (χ2v) is 10.2. The Kier molecular flexibility index (Phi) is 6.88. The molecule has 0 saturated heterocycles. The van der Waals surface area contributed by atoms with Crippen molar-refractivity contribution in [1.29, 1.82) is 0 Å². The molecule has 2 saturated carbocycles. The van der Waals surface area contributed by atoms with Crippen molar-refractivity contribution in [2.75, 3.05) is 0 Å². The first-order valence-electron chi connectivity index (χ1n) is 12.1. The molecule has 2 unspecified atom stereocenters. The molecule has 6 heteroatoms. The summed E-state index contributed by atoms with van der Waals surface area (Å²) in [5.74, 6) is -3.32. The number of halogens is 3. The Morgan fingerprint density at radius 3 is 2.15 bits per heavy atom. The molecule has 4 rings (SSSR count). The number of rotatable bonds is 8. The lowest BCUT2D eigenvalue weighted by molar-refractivity contribution is -0.136. The number of nitrogens with zero attached hydrogens (tertiary/aromatic N) is 1. The van der Waals surface area contributed by atoms with Crippen LogP contribution in [-0.4, -0.2) is 45.9 Å². The predicted molar refractivity (Wildman–Crippen MR) is 123 cm³/mol. The van der Waals surface area contributed by atoms with Crippen LogP contribution >= 0.6 is 0 Å². The molecule has 0 aliphatic heterocycles. The Morgan fingerprint density at radius 2 is 1.67 bits per heavy atom. The summed E-state index contributed by atoms with van der Waals surface area (Å²) < 4.78 is 42.0. The van der Waals surface area contributed by atoms with Crippen molar-refractivity contribution in [2.24, 2.45) is 5.92 Å². The second-order valence-electron chi connectivity index (χ2n) is 10.2. The highest BCUT2D eigenvalue weighted by Crippen LogP contribution is 2.43. The molecule has 1 aromatic rings. The summed E-state index contributed by atoms with van der Waals surface area (Å²) >= 11 is 0. The van der Waals surface area contributed by atoms with Gasteiger partial charge in [-0.05, 0) is 75.0 Å². The summed E-state index contributed by atoms with van der Waals surface area (Å²) in [5, 5.41) is 10.3. The molecule has 0 aromatic heterocycles. The summed E-state index contributed by atoms with van der Waals surface area (Å²) in [6, 6.07) is 7.30. The molecule has 180 valence electrons. The van der Waals surface area contributed by atoms with Gasteiger partial charge in [-0.25, -0.2) is 13.2 Å². The molecular weight excluding hydrogens is 427 g/mol. The van der Waals surface area contributed by atoms with Gasteiger partial charge in [-0.1, -0.05) is 36.4 Å². The summed E-state index contributed by atoms with van der Waals surface area (Å²) in [7, 11) is 0. The third-order valence-electron chi connectivity index (χ3n) is 7.90. The molecule has 0 radical (unpaired) electrons. The van der Waals surface area contributed by atoms with Crippen molar-refractivity contribution < 1.29 is 23.1 Å². The van der Waals surface area contributed by atoms with E-state index in [1.807, 2.05) is 18.2 Å². The molecule has 3 aliphatic carbocycles. The van der Waals surface area contributed by atoms with Gasteiger partial charge in [0.25, 0.3) is 5.92 Å². The first-order chi connectivity index (χ1) is 15.6. The van der Waals surface area contributed by atoms with Crippen molar-refractivity contribution >= 4 is 6.29 Å². The van der Waals surface area contributed by atoms with E-state index in [-0.39, 0.29) is 35.3 Å². The van der Waals surface area contributed by atoms with Gasteiger partial charge in [0.1, 0.15) is 17.7 Å². The fourth-order valence-corrected chi connectivity index (χ4v) is 5.55. The molecule has 3 aliphatic rings. The van der Waals surface area contributed by atoms with Crippen LogP contribution in [0.1, 0.15) is 70.3 Å². The minimum absolute atomic E-state index is 0.114. The fraction of sp³-hybridized carbons (Fsp3) is 0.593. The van der Waals surface area contributed by atoms with Crippen molar-refractivity contribution in [3.8, 4) is 0 Å². The molecule has 1 N–H and O–H groups in total. The van der Waals surface area contributed by atoms with E-state index >= 15 is 0 Å². The maximum Gasteiger partial charge on any atom is 0.277 e. The van der Waals surface area contributed by atoms with Crippen LogP contribution in [0.3, 0.4) is 0 Å². The number of aliphatic hydroxyl groups is 1. The summed E-state index contributed by atoms with van der Waals surface area (Å²) in [5.41, 5.74) is -1.26. The van der Waals surface area contributed by atoms with Gasteiger partial charge in [-0.15, -0.1) is 0 Å². The number of hydrogen-bond donors (Lipinski definition) is 1. The standard InChI is InChI=1S/C27H34F3NO2/c1-26(33,27(2,29)30)20-11-7-19(8-12-20)25(17-32)31(22-15-16-22)21-13-9-18(10-14-21)23-5-3-4-6-24(23)28/h3-7,11-12,17-19,21-22,25,33H,8-10,13-16H2,1-2H3/t18?,19?,21?,25?,26-/m0/s1. The largest absolute Gasteiger partial charge is 0.379 e. The lowest BCUT2D eigenvalue weighted by Crippen LogP contribution is -2.50.